The first-order valence-corrected chi connectivity index (χ1v) is 7.28. The lowest BCUT2D eigenvalue weighted by Gasteiger charge is -2.16. The second-order valence-corrected chi connectivity index (χ2v) is 6.41. The Morgan fingerprint density at radius 1 is 1.63 bits per heavy atom. The predicted octanol–water partition coefficient (Wildman–Crippen LogP) is 2.61. The summed E-state index contributed by atoms with van der Waals surface area (Å²) in [4.78, 5) is 19.1. The van der Waals surface area contributed by atoms with Gasteiger partial charge in [0.15, 0.2) is 0 Å². The molecule has 0 aliphatic heterocycles. The normalized spacial score (nSPS) is 21.6. The molecule has 2 aromatic rings. The highest BCUT2D eigenvalue weighted by Gasteiger charge is 2.34. The molecule has 1 fully saturated rings. The summed E-state index contributed by atoms with van der Waals surface area (Å²) in [5.41, 5.74) is 7.31. The second kappa shape index (κ2) is 4.49. The van der Waals surface area contributed by atoms with Crippen LogP contribution >= 0.6 is 11.3 Å². The van der Waals surface area contributed by atoms with Crippen molar-refractivity contribution in [3.63, 3.8) is 0 Å². The molecule has 4 nitrogen and oxygen atoms in total. The summed E-state index contributed by atoms with van der Waals surface area (Å²) in [6.45, 7) is 3.04. The number of carbonyl (C=O) groups is 1. The van der Waals surface area contributed by atoms with Gasteiger partial charge in [0.25, 0.3) is 5.91 Å². The van der Waals surface area contributed by atoms with Crippen LogP contribution in [0.3, 0.4) is 0 Å². The minimum atomic E-state index is 0.0135. The smallest absolute Gasteiger partial charge is 0.265 e. The maximum atomic E-state index is 12.4. The summed E-state index contributed by atoms with van der Waals surface area (Å²) < 4.78 is 0.969. The summed E-state index contributed by atoms with van der Waals surface area (Å²) >= 11 is 1.43. The maximum absolute atomic E-state index is 12.4. The number of fused-ring (bicyclic) bond motifs is 1. The topological polar surface area (TPSA) is 59.2 Å². The molecule has 0 radical (unpaired) electrons. The van der Waals surface area contributed by atoms with E-state index in [1.165, 1.54) is 17.8 Å². The largest absolute Gasteiger partial charge is 0.396 e. The van der Waals surface area contributed by atoms with Gasteiger partial charge in [-0.25, -0.2) is 0 Å². The van der Waals surface area contributed by atoms with Gasteiger partial charge in [0.2, 0.25) is 0 Å². The van der Waals surface area contributed by atoms with Crippen molar-refractivity contribution in [1.82, 2.24) is 9.88 Å². The van der Waals surface area contributed by atoms with E-state index in [9.17, 15) is 4.79 Å². The van der Waals surface area contributed by atoms with Crippen molar-refractivity contribution in [3.05, 3.63) is 23.2 Å². The zero-order valence-corrected chi connectivity index (χ0v) is 11.9. The van der Waals surface area contributed by atoms with Gasteiger partial charge < -0.3 is 10.6 Å². The van der Waals surface area contributed by atoms with Crippen LogP contribution in [0.15, 0.2) is 18.3 Å². The molecule has 1 saturated carbocycles. The van der Waals surface area contributed by atoms with Crippen molar-refractivity contribution in [2.24, 2.45) is 11.8 Å². The number of pyridine rings is 1. The van der Waals surface area contributed by atoms with Crippen molar-refractivity contribution in [2.75, 3.05) is 19.3 Å². The summed E-state index contributed by atoms with van der Waals surface area (Å²) in [6, 6.07) is 3.81. The summed E-state index contributed by atoms with van der Waals surface area (Å²) in [6.07, 6.45) is 2.93. The Labute approximate surface area is 116 Å². The number of hydrogen-bond acceptors (Lipinski definition) is 4. The minimum Gasteiger partial charge on any atom is -0.396 e. The van der Waals surface area contributed by atoms with Crippen LogP contribution in [0.2, 0.25) is 0 Å². The van der Waals surface area contributed by atoms with E-state index in [4.69, 9.17) is 5.73 Å². The van der Waals surface area contributed by atoms with Crippen molar-refractivity contribution in [3.8, 4) is 0 Å². The number of hydrogen-bond donors (Lipinski definition) is 1. The molecule has 0 saturated heterocycles. The van der Waals surface area contributed by atoms with Crippen molar-refractivity contribution in [2.45, 2.75) is 13.3 Å². The SMILES string of the molecule is CC1CC1CN(C)C(=O)c1sc2cccnc2c1N. The number of amides is 1. The van der Waals surface area contributed by atoms with Crippen LogP contribution in [-0.2, 0) is 0 Å². The molecule has 5 heteroatoms. The molecule has 0 spiro atoms. The molecule has 3 rings (SSSR count). The van der Waals surface area contributed by atoms with Crippen molar-refractivity contribution >= 4 is 33.1 Å². The van der Waals surface area contributed by atoms with Gasteiger partial charge in [0, 0.05) is 19.8 Å². The number of carbonyl (C=O) groups excluding carboxylic acids is 1. The summed E-state index contributed by atoms with van der Waals surface area (Å²) in [5.74, 6) is 1.42. The zero-order valence-electron chi connectivity index (χ0n) is 11.1. The molecule has 1 aliphatic rings. The van der Waals surface area contributed by atoms with E-state index in [2.05, 4.69) is 11.9 Å². The average molecular weight is 275 g/mol. The molecule has 0 aromatic carbocycles. The van der Waals surface area contributed by atoms with E-state index >= 15 is 0 Å². The Balaban J connectivity index is 1.86. The third-order valence-electron chi connectivity index (χ3n) is 3.81. The lowest BCUT2D eigenvalue weighted by atomic mass is 10.2. The molecule has 1 aliphatic carbocycles. The maximum Gasteiger partial charge on any atom is 0.265 e. The molecule has 2 N–H and O–H groups in total. The van der Waals surface area contributed by atoms with E-state index in [1.54, 1.807) is 11.1 Å². The Morgan fingerprint density at radius 3 is 3.00 bits per heavy atom. The van der Waals surface area contributed by atoms with Gasteiger partial charge in [-0.1, -0.05) is 6.92 Å². The van der Waals surface area contributed by atoms with Crippen LogP contribution in [0.25, 0.3) is 10.2 Å². The highest BCUT2D eigenvalue weighted by Crippen LogP contribution is 2.39. The fourth-order valence-electron chi connectivity index (χ4n) is 2.37. The molecule has 100 valence electrons. The van der Waals surface area contributed by atoms with Gasteiger partial charge in [0.1, 0.15) is 10.4 Å². The van der Waals surface area contributed by atoms with Gasteiger partial charge in [-0.05, 0) is 30.4 Å². The Bertz CT molecular complexity index is 637. The Morgan fingerprint density at radius 2 is 2.37 bits per heavy atom. The number of aromatic nitrogens is 1. The van der Waals surface area contributed by atoms with Crippen LogP contribution in [0.4, 0.5) is 5.69 Å². The second-order valence-electron chi connectivity index (χ2n) is 5.35. The fraction of sp³-hybridized carbons (Fsp3) is 0.429. The van der Waals surface area contributed by atoms with Crippen molar-refractivity contribution < 1.29 is 4.79 Å². The first-order chi connectivity index (χ1) is 9.08. The number of rotatable bonds is 3. The molecule has 2 unspecified atom stereocenters. The number of nitrogens with two attached hydrogens (primary N) is 1. The standard InChI is InChI=1S/C14H17N3OS/c1-8-6-9(8)7-17(2)14(18)13-11(15)12-10(19-13)4-3-5-16-12/h3-5,8-9H,6-7,15H2,1-2H3. The van der Waals surface area contributed by atoms with Crippen LogP contribution in [0.1, 0.15) is 23.0 Å². The van der Waals surface area contributed by atoms with Gasteiger partial charge in [-0.15, -0.1) is 11.3 Å². The van der Waals surface area contributed by atoms with E-state index in [0.29, 0.717) is 16.5 Å². The van der Waals surface area contributed by atoms with Crippen LogP contribution in [0, 0.1) is 11.8 Å². The summed E-state index contributed by atoms with van der Waals surface area (Å²) in [7, 11) is 1.85. The van der Waals surface area contributed by atoms with Crippen molar-refractivity contribution in [1.29, 1.82) is 0 Å². The lowest BCUT2D eigenvalue weighted by Crippen LogP contribution is -2.28. The van der Waals surface area contributed by atoms with Gasteiger partial charge in [-0.3, -0.25) is 9.78 Å². The average Bonchev–Trinajstić information content (AvgIpc) is 2.98. The molecule has 2 atom stereocenters. The highest BCUT2D eigenvalue weighted by atomic mass is 32.1. The number of nitrogens with zero attached hydrogens (tertiary/aromatic N) is 2. The molecular formula is C14H17N3OS. The zero-order chi connectivity index (χ0) is 13.6. The number of thiophene rings is 1. The quantitative estimate of drug-likeness (QED) is 0.936. The molecule has 2 aromatic heterocycles. The monoisotopic (exact) mass is 275 g/mol. The third kappa shape index (κ3) is 2.18. The lowest BCUT2D eigenvalue weighted by molar-refractivity contribution is 0.0793. The number of anilines is 1. The van der Waals surface area contributed by atoms with Gasteiger partial charge in [-0.2, -0.15) is 0 Å². The van der Waals surface area contributed by atoms with Crippen LogP contribution < -0.4 is 5.73 Å². The molecule has 2 heterocycles. The Hall–Kier alpha value is -1.62. The number of nitrogen functional groups attached to an aromatic ring is 1. The molecule has 19 heavy (non-hydrogen) atoms. The predicted molar refractivity (Wildman–Crippen MR) is 78.3 cm³/mol. The first-order valence-electron chi connectivity index (χ1n) is 6.46. The van der Waals surface area contributed by atoms with E-state index in [-0.39, 0.29) is 5.91 Å². The van der Waals surface area contributed by atoms with Gasteiger partial charge >= 0.3 is 0 Å². The minimum absolute atomic E-state index is 0.0135. The highest BCUT2D eigenvalue weighted by molar-refractivity contribution is 7.21. The van der Waals surface area contributed by atoms with Crippen LogP contribution in [-0.4, -0.2) is 29.4 Å². The Kier molecular flexibility index (Phi) is 2.93. The molecule has 0 bridgehead atoms. The van der Waals surface area contributed by atoms with Gasteiger partial charge in [0.05, 0.1) is 10.4 Å². The van der Waals surface area contributed by atoms with E-state index < -0.39 is 0 Å². The van der Waals surface area contributed by atoms with E-state index in [0.717, 1.165) is 22.7 Å². The third-order valence-corrected chi connectivity index (χ3v) is 4.96. The van der Waals surface area contributed by atoms with E-state index in [1.807, 2.05) is 19.2 Å². The molecular weight excluding hydrogens is 258 g/mol. The first kappa shape index (κ1) is 12.4. The molecule has 1 amide bonds. The summed E-state index contributed by atoms with van der Waals surface area (Å²) in [5, 5.41) is 0. The van der Waals surface area contributed by atoms with Crippen LogP contribution in [0.5, 0.6) is 0 Å². The fourth-order valence-corrected chi connectivity index (χ4v) is 3.44.